The van der Waals surface area contributed by atoms with Gasteiger partial charge in [0.1, 0.15) is 11.5 Å². The quantitative estimate of drug-likeness (QED) is 0.592. The van der Waals surface area contributed by atoms with E-state index in [0.29, 0.717) is 6.41 Å². The summed E-state index contributed by atoms with van der Waals surface area (Å²) in [5, 5.41) is 4.33. The number of nitrogens with zero attached hydrogens (tertiary/aromatic N) is 2. The van der Waals surface area contributed by atoms with Gasteiger partial charge in [-0.15, -0.1) is 0 Å². The van der Waals surface area contributed by atoms with Gasteiger partial charge in [0, 0.05) is 14.1 Å². The molecule has 0 aliphatic heterocycles. The molecule has 8 nitrogen and oxygen atoms in total. The predicted octanol–water partition coefficient (Wildman–Crippen LogP) is -1.78. The van der Waals surface area contributed by atoms with Gasteiger partial charge in [0.25, 0.3) is 5.56 Å². The van der Waals surface area contributed by atoms with Crippen molar-refractivity contribution in [3.05, 3.63) is 20.8 Å². The maximum absolute atomic E-state index is 11.6. The molecular weight excluding hydrogens is 216 g/mol. The fourth-order valence-corrected chi connectivity index (χ4v) is 1.26. The number of hydrogen-bond acceptors (Lipinski definition) is 4. The summed E-state index contributed by atoms with van der Waals surface area (Å²) in [7, 11) is 2.63. The van der Waals surface area contributed by atoms with Gasteiger partial charge in [-0.1, -0.05) is 0 Å². The van der Waals surface area contributed by atoms with Crippen LogP contribution in [0, 0.1) is 0 Å². The summed E-state index contributed by atoms with van der Waals surface area (Å²) >= 11 is 0. The van der Waals surface area contributed by atoms with E-state index in [2.05, 4.69) is 10.6 Å². The van der Waals surface area contributed by atoms with Crippen LogP contribution in [0.3, 0.4) is 0 Å². The van der Waals surface area contributed by atoms with E-state index in [1.807, 2.05) is 0 Å². The first kappa shape index (κ1) is 11.7. The molecule has 0 bridgehead atoms. The summed E-state index contributed by atoms with van der Waals surface area (Å²) in [6, 6.07) is 0. The van der Waals surface area contributed by atoms with Crippen LogP contribution in [-0.2, 0) is 23.7 Å². The van der Waals surface area contributed by atoms with E-state index in [9.17, 15) is 19.2 Å². The second-order valence-corrected chi connectivity index (χ2v) is 2.95. The molecule has 16 heavy (non-hydrogen) atoms. The van der Waals surface area contributed by atoms with Crippen molar-refractivity contribution in [2.24, 2.45) is 14.1 Å². The molecule has 0 aliphatic carbocycles. The number of carbonyl (C=O) groups excluding carboxylic acids is 2. The zero-order valence-corrected chi connectivity index (χ0v) is 8.68. The van der Waals surface area contributed by atoms with Gasteiger partial charge in [-0.2, -0.15) is 0 Å². The lowest BCUT2D eigenvalue weighted by atomic mass is 10.4. The maximum Gasteiger partial charge on any atom is 0.332 e. The molecule has 0 fully saturated rings. The normalized spacial score (nSPS) is 9.62. The monoisotopic (exact) mass is 226 g/mol. The fraction of sp³-hybridized carbons (Fsp3) is 0.250. The predicted molar refractivity (Wildman–Crippen MR) is 56.3 cm³/mol. The van der Waals surface area contributed by atoms with Gasteiger partial charge in [0.05, 0.1) is 0 Å². The molecule has 0 spiro atoms. The zero-order chi connectivity index (χ0) is 12.3. The summed E-state index contributed by atoms with van der Waals surface area (Å²) in [4.78, 5) is 43.8. The molecule has 0 saturated carbocycles. The number of amides is 2. The van der Waals surface area contributed by atoms with Crippen molar-refractivity contribution in [1.29, 1.82) is 0 Å². The molecule has 0 aliphatic rings. The van der Waals surface area contributed by atoms with E-state index in [-0.39, 0.29) is 17.9 Å². The average Bonchev–Trinajstić information content (AvgIpc) is 2.28. The van der Waals surface area contributed by atoms with Crippen LogP contribution in [0.5, 0.6) is 0 Å². The Morgan fingerprint density at radius 2 is 1.56 bits per heavy atom. The van der Waals surface area contributed by atoms with Gasteiger partial charge in [-0.3, -0.25) is 23.5 Å². The van der Waals surface area contributed by atoms with Crippen LogP contribution < -0.4 is 21.9 Å². The van der Waals surface area contributed by atoms with Crippen LogP contribution in [0.25, 0.3) is 0 Å². The Hall–Kier alpha value is -2.38. The van der Waals surface area contributed by atoms with Crippen LogP contribution in [0.1, 0.15) is 0 Å². The van der Waals surface area contributed by atoms with Gasteiger partial charge >= 0.3 is 5.69 Å². The molecule has 2 amide bonds. The smallest absolute Gasteiger partial charge is 0.321 e. The third-order valence-corrected chi connectivity index (χ3v) is 2.06. The summed E-state index contributed by atoms with van der Waals surface area (Å²) in [5.74, 6) is -0.0600. The average molecular weight is 226 g/mol. The second-order valence-electron chi connectivity index (χ2n) is 2.95. The highest BCUT2D eigenvalue weighted by Crippen LogP contribution is 2.11. The first-order valence-corrected chi connectivity index (χ1v) is 4.25. The number of rotatable bonds is 4. The Morgan fingerprint density at radius 3 is 2.06 bits per heavy atom. The minimum atomic E-state index is -0.695. The van der Waals surface area contributed by atoms with Crippen molar-refractivity contribution >= 4 is 24.3 Å². The number of hydrogen-bond donors (Lipinski definition) is 2. The van der Waals surface area contributed by atoms with E-state index in [1.54, 1.807) is 0 Å². The highest BCUT2D eigenvalue weighted by molar-refractivity contribution is 5.83. The van der Waals surface area contributed by atoms with Gasteiger partial charge in [-0.25, -0.2) is 4.79 Å². The first-order chi connectivity index (χ1) is 7.54. The van der Waals surface area contributed by atoms with Crippen molar-refractivity contribution in [2.45, 2.75) is 0 Å². The van der Waals surface area contributed by atoms with Crippen LogP contribution in [-0.4, -0.2) is 22.0 Å². The largest absolute Gasteiger partial charge is 0.332 e. The molecule has 2 N–H and O–H groups in total. The summed E-state index contributed by atoms with van der Waals surface area (Å²) < 4.78 is 1.86. The lowest BCUT2D eigenvalue weighted by molar-refractivity contribution is -0.106. The van der Waals surface area contributed by atoms with Crippen molar-refractivity contribution in [1.82, 2.24) is 9.13 Å². The molecule has 0 radical (unpaired) electrons. The third-order valence-electron chi connectivity index (χ3n) is 2.06. The topological polar surface area (TPSA) is 102 Å². The van der Waals surface area contributed by atoms with Gasteiger partial charge in [-0.05, 0) is 0 Å². The van der Waals surface area contributed by atoms with Crippen LogP contribution in [0.15, 0.2) is 9.59 Å². The fourth-order valence-electron chi connectivity index (χ4n) is 1.26. The number of nitrogens with one attached hydrogen (secondary N) is 2. The van der Waals surface area contributed by atoms with Crippen LogP contribution in [0.4, 0.5) is 11.5 Å². The third kappa shape index (κ3) is 1.72. The molecule has 8 heteroatoms. The Bertz CT molecular complexity index is 542. The summed E-state index contributed by atoms with van der Waals surface area (Å²) in [6.45, 7) is 0. The maximum atomic E-state index is 11.6. The van der Waals surface area contributed by atoms with Gasteiger partial charge < -0.3 is 10.6 Å². The number of anilines is 2. The zero-order valence-electron chi connectivity index (χ0n) is 8.68. The molecule has 0 saturated heterocycles. The minimum absolute atomic E-state index is 0.0600. The van der Waals surface area contributed by atoms with Crippen LogP contribution >= 0.6 is 0 Å². The molecule has 0 atom stereocenters. The highest BCUT2D eigenvalue weighted by Gasteiger charge is 2.14. The molecule has 86 valence electrons. The van der Waals surface area contributed by atoms with Crippen molar-refractivity contribution in [3.63, 3.8) is 0 Å². The van der Waals surface area contributed by atoms with E-state index >= 15 is 0 Å². The Kier molecular flexibility index (Phi) is 3.24. The van der Waals surface area contributed by atoms with Crippen molar-refractivity contribution < 1.29 is 9.59 Å². The number of aromatic nitrogens is 2. The standard InChI is InChI=1S/C8H10N4O4/c1-11-6(10-4-14)5(9-3-13)7(15)12(2)8(11)16/h3-4H,1-2H3,(H,9,13)(H,10,14). The first-order valence-electron chi connectivity index (χ1n) is 4.25. The second kappa shape index (κ2) is 4.43. The SMILES string of the molecule is Cn1c(NC=O)c(NC=O)c(=O)n(C)c1=O. The van der Waals surface area contributed by atoms with Gasteiger partial charge in [0.15, 0.2) is 0 Å². The molecule has 0 unspecified atom stereocenters. The van der Waals surface area contributed by atoms with E-state index in [4.69, 9.17) is 0 Å². The Labute approximate surface area is 89.5 Å². The van der Waals surface area contributed by atoms with E-state index < -0.39 is 11.2 Å². The summed E-state index contributed by atoms with van der Waals surface area (Å²) in [5.41, 5.74) is -1.46. The van der Waals surface area contributed by atoms with E-state index in [1.165, 1.54) is 14.1 Å². The lowest BCUT2D eigenvalue weighted by Crippen LogP contribution is -2.39. The molecule has 1 aromatic heterocycles. The Balaban J connectivity index is 3.67. The van der Waals surface area contributed by atoms with E-state index in [0.717, 1.165) is 9.13 Å². The van der Waals surface area contributed by atoms with Crippen LogP contribution in [0.2, 0.25) is 0 Å². The molecule has 1 rings (SSSR count). The summed E-state index contributed by atoms with van der Waals surface area (Å²) in [6.07, 6.45) is 0.599. The lowest BCUT2D eigenvalue weighted by Gasteiger charge is -2.12. The minimum Gasteiger partial charge on any atom is -0.321 e. The van der Waals surface area contributed by atoms with Gasteiger partial charge in [0.2, 0.25) is 12.8 Å². The van der Waals surface area contributed by atoms with Crippen molar-refractivity contribution in [2.75, 3.05) is 10.6 Å². The molecule has 1 heterocycles. The number of carbonyl (C=O) groups is 2. The Morgan fingerprint density at radius 1 is 1.00 bits per heavy atom. The molecule has 1 aromatic rings. The van der Waals surface area contributed by atoms with Crippen molar-refractivity contribution in [3.8, 4) is 0 Å². The highest BCUT2D eigenvalue weighted by atomic mass is 16.2. The molecular formula is C8H10N4O4. The molecule has 0 aromatic carbocycles.